The molecule has 1 aromatic heterocycles. The Morgan fingerprint density at radius 2 is 1.92 bits per heavy atom. The van der Waals surface area contributed by atoms with Gasteiger partial charge >= 0.3 is 0 Å². The first-order chi connectivity index (χ1) is 12.6. The normalized spacial score (nSPS) is 15.9. The molecule has 0 radical (unpaired) electrons. The topological polar surface area (TPSA) is 98.4 Å². The van der Waals surface area contributed by atoms with E-state index < -0.39 is 0 Å². The standard InChI is InChI=1S/C18H19N5O3/c24-16-11-23(15-4-2-1-3-14(15)20-16)18(26)6-5-17(25)22-8-7-13-12(10-22)9-19-21-13/h1-4,9H,5-8,10-11H2,(H,19,21)(H,20,24). The minimum Gasteiger partial charge on any atom is -0.338 e. The first-order valence-corrected chi connectivity index (χ1v) is 8.60. The number of H-pyrrole nitrogens is 1. The number of nitrogens with zero attached hydrogens (tertiary/aromatic N) is 3. The molecule has 2 aromatic rings. The van der Waals surface area contributed by atoms with E-state index in [2.05, 4.69) is 15.5 Å². The lowest BCUT2D eigenvalue weighted by atomic mass is 10.1. The maximum absolute atomic E-state index is 12.6. The number of nitrogens with one attached hydrogen (secondary N) is 2. The van der Waals surface area contributed by atoms with E-state index in [4.69, 9.17) is 0 Å². The van der Waals surface area contributed by atoms with Gasteiger partial charge in [0.15, 0.2) is 0 Å². The zero-order chi connectivity index (χ0) is 18.1. The van der Waals surface area contributed by atoms with Crippen LogP contribution in [0.1, 0.15) is 24.1 Å². The highest BCUT2D eigenvalue weighted by Crippen LogP contribution is 2.29. The predicted octanol–water partition coefficient (Wildman–Crippen LogP) is 1.06. The van der Waals surface area contributed by atoms with Crippen LogP contribution in [0.25, 0.3) is 0 Å². The van der Waals surface area contributed by atoms with E-state index in [9.17, 15) is 14.4 Å². The van der Waals surface area contributed by atoms with Gasteiger partial charge in [-0.05, 0) is 12.1 Å². The molecule has 3 heterocycles. The van der Waals surface area contributed by atoms with Crippen molar-refractivity contribution in [2.45, 2.75) is 25.8 Å². The number of fused-ring (bicyclic) bond motifs is 2. The summed E-state index contributed by atoms with van der Waals surface area (Å²) in [6, 6.07) is 7.17. The SMILES string of the molecule is O=C1CN(C(=O)CCC(=O)N2CCc3[nH]ncc3C2)c2ccccc2N1. The summed E-state index contributed by atoms with van der Waals surface area (Å²) >= 11 is 0. The van der Waals surface area contributed by atoms with Crippen molar-refractivity contribution in [3.63, 3.8) is 0 Å². The molecular weight excluding hydrogens is 334 g/mol. The van der Waals surface area contributed by atoms with Gasteiger partial charge in [0.25, 0.3) is 0 Å². The smallest absolute Gasteiger partial charge is 0.244 e. The molecule has 0 unspecified atom stereocenters. The number of aromatic amines is 1. The molecule has 4 rings (SSSR count). The van der Waals surface area contributed by atoms with Crippen molar-refractivity contribution in [2.75, 3.05) is 23.3 Å². The third-order valence-electron chi connectivity index (χ3n) is 4.78. The zero-order valence-electron chi connectivity index (χ0n) is 14.2. The van der Waals surface area contributed by atoms with Gasteiger partial charge < -0.3 is 15.1 Å². The number of hydrogen-bond donors (Lipinski definition) is 2. The van der Waals surface area contributed by atoms with Gasteiger partial charge in [-0.3, -0.25) is 19.5 Å². The summed E-state index contributed by atoms with van der Waals surface area (Å²) in [6.45, 7) is 1.12. The molecule has 26 heavy (non-hydrogen) atoms. The van der Waals surface area contributed by atoms with Crippen molar-refractivity contribution in [3.8, 4) is 0 Å². The van der Waals surface area contributed by atoms with Crippen molar-refractivity contribution >= 4 is 29.1 Å². The van der Waals surface area contributed by atoms with Crippen LogP contribution in [0, 0.1) is 0 Å². The Labute approximate surface area is 150 Å². The Balaban J connectivity index is 1.39. The van der Waals surface area contributed by atoms with Gasteiger partial charge in [0.2, 0.25) is 17.7 Å². The Bertz CT molecular complexity index is 875. The van der Waals surface area contributed by atoms with Crippen LogP contribution in [-0.2, 0) is 27.3 Å². The second-order valence-electron chi connectivity index (χ2n) is 6.48. The molecule has 0 spiro atoms. The zero-order valence-corrected chi connectivity index (χ0v) is 14.2. The van der Waals surface area contributed by atoms with E-state index in [1.165, 1.54) is 4.90 Å². The van der Waals surface area contributed by atoms with Crippen LogP contribution in [0.3, 0.4) is 0 Å². The predicted molar refractivity (Wildman–Crippen MR) is 94.4 cm³/mol. The number of benzene rings is 1. The van der Waals surface area contributed by atoms with Crippen LogP contribution in [0.15, 0.2) is 30.5 Å². The fourth-order valence-electron chi connectivity index (χ4n) is 3.40. The Morgan fingerprint density at radius 1 is 1.12 bits per heavy atom. The number of hydrogen-bond acceptors (Lipinski definition) is 4. The Morgan fingerprint density at radius 3 is 2.81 bits per heavy atom. The third-order valence-corrected chi connectivity index (χ3v) is 4.78. The van der Waals surface area contributed by atoms with Gasteiger partial charge in [-0.15, -0.1) is 0 Å². The quantitative estimate of drug-likeness (QED) is 0.862. The van der Waals surface area contributed by atoms with E-state index in [-0.39, 0.29) is 37.1 Å². The van der Waals surface area contributed by atoms with Crippen molar-refractivity contribution in [3.05, 3.63) is 41.7 Å². The summed E-state index contributed by atoms with van der Waals surface area (Å²) in [7, 11) is 0. The summed E-state index contributed by atoms with van der Waals surface area (Å²) in [4.78, 5) is 40.1. The summed E-state index contributed by atoms with van der Waals surface area (Å²) in [5.74, 6) is -0.506. The number of amides is 3. The molecule has 1 aromatic carbocycles. The first kappa shape index (κ1) is 16.3. The molecule has 134 valence electrons. The third kappa shape index (κ3) is 3.05. The van der Waals surface area contributed by atoms with Crippen molar-refractivity contribution in [2.24, 2.45) is 0 Å². The van der Waals surface area contributed by atoms with Crippen molar-refractivity contribution < 1.29 is 14.4 Å². The minimum absolute atomic E-state index is 0.0217. The summed E-state index contributed by atoms with van der Waals surface area (Å²) in [6.07, 6.45) is 2.69. The molecular formula is C18H19N5O3. The van der Waals surface area contributed by atoms with Gasteiger partial charge in [-0.25, -0.2) is 0 Å². The van der Waals surface area contributed by atoms with E-state index in [1.54, 1.807) is 29.3 Å². The van der Waals surface area contributed by atoms with E-state index in [0.717, 1.165) is 17.7 Å². The second-order valence-corrected chi connectivity index (χ2v) is 6.48. The fourth-order valence-corrected chi connectivity index (χ4v) is 3.40. The molecule has 2 aliphatic rings. The number of para-hydroxylation sites is 2. The molecule has 0 saturated heterocycles. The monoisotopic (exact) mass is 353 g/mol. The maximum Gasteiger partial charge on any atom is 0.244 e. The van der Waals surface area contributed by atoms with Crippen molar-refractivity contribution in [1.82, 2.24) is 15.1 Å². The highest BCUT2D eigenvalue weighted by Gasteiger charge is 2.28. The van der Waals surface area contributed by atoms with Crippen LogP contribution in [0.4, 0.5) is 11.4 Å². The average Bonchev–Trinajstić information content (AvgIpc) is 3.12. The lowest BCUT2D eigenvalue weighted by molar-refractivity contribution is -0.134. The summed E-state index contributed by atoms with van der Waals surface area (Å²) in [5, 5.41) is 9.69. The molecule has 2 aliphatic heterocycles. The molecule has 8 heteroatoms. The lowest BCUT2D eigenvalue weighted by Crippen LogP contribution is -2.42. The van der Waals surface area contributed by atoms with Crippen LogP contribution < -0.4 is 10.2 Å². The van der Waals surface area contributed by atoms with Crippen LogP contribution >= 0.6 is 0 Å². The molecule has 2 N–H and O–H groups in total. The summed E-state index contributed by atoms with van der Waals surface area (Å²) in [5.41, 5.74) is 3.39. The van der Waals surface area contributed by atoms with Gasteiger partial charge in [0.1, 0.15) is 6.54 Å². The van der Waals surface area contributed by atoms with Crippen LogP contribution in [0.2, 0.25) is 0 Å². The number of anilines is 2. The number of carbonyl (C=O) groups excluding carboxylic acids is 3. The van der Waals surface area contributed by atoms with E-state index in [0.29, 0.717) is 24.5 Å². The molecule has 0 bridgehead atoms. The molecule has 0 fully saturated rings. The van der Waals surface area contributed by atoms with Crippen LogP contribution in [-0.4, -0.2) is 45.9 Å². The maximum atomic E-state index is 12.6. The molecule has 3 amide bonds. The first-order valence-electron chi connectivity index (χ1n) is 8.60. The Kier molecular flexibility index (Phi) is 4.16. The van der Waals surface area contributed by atoms with Gasteiger partial charge in [-0.1, -0.05) is 12.1 Å². The molecule has 0 atom stereocenters. The van der Waals surface area contributed by atoms with Gasteiger partial charge in [0.05, 0.1) is 17.6 Å². The molecule has 0 saturated carbocycles. The second kappa shape index (κ2) is 6.62. The van der Waals surface area contributed by atoms with E-state index in [1.807, 2.05) is 6.07 Å². The fraction of sp³-hybridized carbons (Fsp3) is 0.333. The van der Waals surface area contributed by atoms with Gasteiger partial charge in [0, 0.05) is 43.6 Å². The number of aromatic nitrogens is 2. The van der Waals surface area contributed by atoms with Gasteiger partial charge in [-0.2, -0.15) is 5.10 Å². The van der Waals surface area contributed by atoms with Crippen molar-refractivity contribution in [1.29, 1.82) is 0 Å². The highest BCUT2D eigenvalue weighted by atomic mass is 16.2. The van der Waals surface area contributed by atoms with Crippen LogP contribution in [0.5, 0.6) is 0 Å². The molecule has 0 aliphatic carbocycles. The Hall–Kier alpha value is -3.16. The largest absolute Gasteiger partial charge is 0.338 e. The lowest BCUT2D eigenvalue weighted by Gasteiger charge is -2.30. The number of carbonyl (C=O) groups is 3. The highest BCUT2D eigenvalue weighted by molar-refractivity contribution is 6.10. The summed E-state index contributed by atoms with van der Waals surface area (Å²) < 4.78 is 0. The molecule has 8 nitrogen and oxygen atoms in total. The number of rotatable bonds is 3. The van der Waals surface area contributed by atoms with E-state index >= 15 is 0 Å². The minimum atomic E-state index is -0.230. The average molecular weight is 353 g/mol.